The van der Waals surface area contributed by atoms with Gasteiger partial charge in [0.15, 0.2) is 5.69 Å². The third-order valence-corrected chi connectivity index (χ3v) is 1.88. The van der Waals surface area contributed by atoms with Gasteiger partial charge in [0.1, 0.15) is 12.7 Å². The molecule has 1 N–H and O–H groups in total. The Balaban J connectivity index is 2.61. The van der Waals surface area contributed by atoms with Gasteiger partial charge < -0.3 is 5.11 Å². The van der Waals surface area contributed by atoms with E-state index >= 15 is 0 Å². The molecular weight excluding hydrogens is 196 g/mol. The van der Waals surface area contributed by atoms with E-state index in [4.69, 9.17) is 5.11 Å². The van der Waals surface area contributed by atoms with Crippen LogP contribution in [0, 0.1) is 6.92 Å². The minimum absolute atomic E-state index is 0.0273. The number of rotatable bonds is 2. The van der Waals surface area contributed by atoms with E-state index in [1.807, 2.05) is 0 Å². The maximum Gasteiger partial charge on any atom is 0.356 e. The van der Waals surface area contributed by atoms with Crippen LogP contribution in [-0.4, -0.2) is 30.8 Å². The van der Waals surface area contributed by atoms with Crippen molar-refractivity contribution in [3.63, 3.8) is 0 Å². The summed E-state index contributed by atoms with van der Waals surface area (Å²) >= 11 is 0. The van der Waals surface area contributed by atoms with Gasteiger partial charge in [-0.2, -0.15) is 5.10 Å². The second-order valence-corrected chi connectivity index (χ2v) is 2.97. The Morgan fingerprint density at radius 3 is 2.87 bits per heavy atom. The van der Waals surface area contributed by atoms with Crippen molar-refractivity contribution in [2.75, 3.05) is 0 Å². The van der Waals surface area contributed by atoms with Crippen LogP contribution in [0.1, 0.15) is 16.2 Å². The van der Waals surface area contributed by atoms with E-state index in [9.17, 15) is 4.79 Å². The second kappa shape index (κ2) is 3.49. The molecule has 0 radical (unpaired) electrons. The number of pyridine rings is 1. The van der Waals surface area contributed by atoms with Gasteiger partial charge in [0, 0.05) is 5.69 Å². The standard InChI is InChI=1S/C9H8N4O2/c1-6-2-3-7(8(12-6)9(14)15)13-5-10-4-11-13/h2-5H,1H3,(H,14,15). The number of aromatic carboxylic acids is 1. The number of carboxylic acids is 1. The average molecular weight is 204 g/mol. The Bertz CT molecular complexity index is 493. The van der Waals surface area contributed by atoms with E-state index in [1.165, 1.54) is 17.3 Å². The summed E-state index contributed by atoms with van der Waals surface area (Å²) in [5, 5.41) is 12.8. The van der Waals surface area contributed by atoms with Crippen molar-refractivity contribution in [3.8, 4) is 5.69 Å². The van der Waals surface area contributed by atoms with Crippen LogP contribution in [0.2, 0.25) is 0 Å². The number of carboxylic acid groups (broad SMARTS) is 1. The molecule has 2 rings (SSSR count). The van der Waals surface area contributed by atoms with Gasteiger partial charge in [-0.25, -0.2) is 19.4 Å². The smallest absolute Gasteiger partial charge is 0.356 e. The van der Waals surface area contributed by atoms with Crippen LogP contribution in [0.3, 0.4) is 0 Å². The topological polar surface area (TPSA) is 80.9 Å². The zero-order valence-corrected chi connectivity index (χ0v) is 7.95. The van der Waals surface area contributed by atoms with E-state index in [1.54, 1.807) is 19.1 Å². The van der Waals surface area contributed by atoms with Gasteiger partial charge in [0.2, 0.25) is 0 Å². The molecule has 0 amide bonds. The van der Waals surface area contributed by atoms with Crippen molar-refractivity contribution >= 4 is 5.97 Å². The average Bonchev–Trinajstić information content (AvgIpc) is 2.70. The largest absolute Gasteiger partial charge is 0.476 e. The first kappa shape index (κ1) is 9.32. The van der Waals surface area contributed by atoms with E-state index in [0.29, 0.717) is 11.4 Å². The molecule has 2 aromatic heterocycles. The van der Waals surface area contributed by atoms with Gasteiger partial charge in [0.05, 0.1) is 5.69 Å². The minimum atomic E-state index is -1.08. The van der Waals surface area contributed by atoms with Crippen molar-refractivity contribution in [1.29, 1.82) is 0 Å². The quantitative estimate of drug-likeness (QED) is 0.777. The molecule has 76 valence electrons. The molecule has 0 bridgehead atoms. The Hall–Kier alpha value is -2.24. The van der Waals surface area contributed by atoms with Crippen LogP contribution in [0.5, 0.6) is 0 Å². The number of carbonyl (C=O) groups is 1. The summed E-state index contributed by atoms with van der Waals surface area (Å²) in [5.74, 6) is -1.08. The molecule has 0 aromatic carbocycles. The summed E-state index contributed by atoms with van der Waals surface area (Å²) < 4.78 is 1.37. The molecule has 0 atom stereocenters. The monoisotopic (exact) mass is 204 g/mol. The Labute approximate surface area is 85.2 Å². The van der Waals surface area contributed by atoms with Crippen LogP contribution in [-0.2, 0) is 0 Å². The summed E-state index contributed by atoms with van der Waals surface area (Å²) in [6.07, 6.45) is 2.77. The Morgan fingerprint density at radius 2 is 2.27 bits per heavy atom. The SMILES string of the molecule is Cc1ccc(-n2cncn2)c(C(=O)O)n1. The predicted octanol–water partition coefficient (Wildman–Crippen LogP) is 0.669. The third-order valence-electron chi connectivity index (χ3n) is 1.88. The molecule has 2 aromatic rings. The van der Waals surface area contributed by atoms with Gasteiger partial charge >= 0.3 is 5.97 Å². The first-order chi connectivity index (χ1) is 7.18. The summed E-state index contributed by atoms with van der Waals surface area (Å²) in [7, 11) is 0. The van der Waals surface area contributed by atoms with Crippen molar-refractivity contribution in [3.05, 3.63) is 36.2 Å². The Kier molecular flexibility index (Phi) is 2.17. The highest BCUT2D eigenvalue weighted by molar-refractivity contribution is 5.89. The van der Waals surface area contributed by atoms with Gasteiger partial charge in [-0.3, -0.25) is 0 Å². The highest BCUT2D eigenvalue weighted by Crippen LogP contribution is 2.11. The van der Waals surface area contributed by atoms with Crippen LogP contribution >= 0.6 is 0 Å². The molecule has 0 saturated carbocycles. The van der Waals surface area contributed by atoms with Crippen LogP contribution in [0.4, 0.5) is 0 Å². The van der Waals surface area contributed by atoms with Crippen molar-refractivity contribution in [2.24, 2.45) is 0 Å². The number of hydrogen-bond donors (Lipinski definition) is 1. The number of hydrogen-bond acceptors (Lipinski definition) is 4. The lowest BCUT2D eigenvalue weighted by Gasteiger charge is -2.04. The van der Waals surface area contributed by atoms with Crippen LogP contribution < -0.4 is 0 Å². The summed E-state index contributed by atoms with van der Waals surface area (Å²) in [5.41, 5.74) is 1.03. The maximum absolute atomic E-state index is 10.9. The normalized spacial score (nSPS) is 10.2. The molecule has 0 spiro atoms. The molecule has 0 unspecified atom stereocenters. The molecule has 2 heterocycles. The molecular formula is C9H8N4O2. The van der Waals surface area contributed by atoms with Crippen molar-refractivity contribution < 1.29 is 9.90 Å². The summed E-state index contributed by atoms with van der Waals surface area (Å²) in [4.78, 5) is 18.6. The molecule has 0 aliphatic rings. The fourth-order valence-corrected chi connectivity index (χ4v) is 1.22. The first-order valence-corrected chi connectivity index (χ1v) is 4.24. The fourth-order valence-electron chi connectivity index (χ4n) is 1.22. The van der Waals surface area contributed by atoms with Crippen LogP contribution in [0.15, 0.2) is 24.8 Å². The number of aromatic nitrogens is 4. The molecule has 6 nitrogen and oxygen atoms in total. The summed E-state index contributed by atoms with van der Waals surface area (Å²) in [6, 6.07) is 3.38. The lowest BCUT2D eigenvalue weighted by atomic mass is 10.2. The second-order valence-electron chi connectivity index (χ2n) is 2.97. The van der Waals surface area contributed by atoms with Crippen molar-refractivity contribution in [2.45, 2.75) is 6.92 Å². The lowest BCUT2D eigenvalue weighted by molar-refractivity contribution is 0.0690. The highest BCUT2D eigenvalue weighted by atomic mass is 16.4. The minimum Gasteiger partial charge on any atom is -0.476 e. The van der Waals surface area contributed by atoms with Gasteiger partial charge in [-0.05, 0) is 19.1 Å². The van der Waals surface area contributed by atoms with Gasteiger partial charge in [-0.1, -0.05) is 0 Å². The maximum atomic E-state index is 10.9. The van der Waals surface area contributed by atoms with Gasteiger partial charge in [0.25, 0.3) is 0 Å². The number of nitrogens with zero attached hydrogens (tertiary/aromatic N) is 4. The molecule has 0 aliphatic carbocycles. The summed E-state index contributed by atoms with van der Waals surface area (Å²) in [6.45, 7) is 1.73. The van der Waals surface area contributed by atoms with Gasteiger partial charge in [-0.15, -0.1) is 0 Å². The molecule has 0 fully saturated rings. The predicted molar refractivity (Wildman–Crippen MR) is 50.9 cm³/mol. The van der Waals surface area contributed by atoms with E-state index < -0.39 is 5.97 Å². The number of aryl methyl sites for hydroxylation is 1. The van der Waals surface area contributed by atoms with Crippen LogP contribution in [0.25, 0.3) is 5.69 Å². The first-order valence-electron chi connectivity index (χ1n) is 4.24. The van der Waals surface area contributed by atoms with Crippen molar-refractivity contribution in [1.82, 2.24) is 19.7 Å². The lowest BCUT2D eigenvalue weighted by Crippen LogP contribution is -2.09. The Morgan fingerprint density at radius 1 is 1.47 bits per heavy atom. The fraction of sp³-hybridized carbons (Fsp3) is 0.111. The van der Waals surface area contributed by atoms with E-state index in [0.717, 1.165) is 0 Å². The molecule has 15 heavy (non-hydrogen) atoms. The zero-order valence-electron chi connectivity index (χ0n) is 7.95. The zero-order chi connectivity index (χ0) is 10.8. The van der Waals surface area contributed by atoms with E-state index in [2.05, 4.69) is 15.1 Å². The molecule has 0 aliphatic heterocycles. The molecule has 6 heteroatoms. The van der Waals surface area contributed by atoms with E-state index in [-0.39, 0.29) is 5.69 Å². The molecule has 0 saturated heterocycles. The highest BCUT2D eigenvalue weighted by Gasteiger charge is 2.13. The third kappa shape index (κ3) is 1.69.